The van der Waals surface area contributed by atoms with Gasteiger partial charge in [0.05, 0.1) is 32.6 Å². The molecule has 6 nitrogen and oxygen atoms in total. The predicted octanol–water partition coefficient (Wildman–Crippen LogP) is 4.04. The fourth-order valence-electron chi connectivity index (χ4n) is 2.83. The number of benzene rings is 2. The smallest absolute Gasteiger partial charge is 0.250 e. The maximum atomic E-state index is 12.3. The summed E-state index contributed by atoms with van der Waals surface area (Å²) in [6.07, 6.45) is 1.15. The lowest BCUT2D eigenvalue weighted by Crippen LogP contribution is -2.20. The fourth-order valence-corrected chi connectivity index (χ4v) is 3.63. The van der Waals surface area contributed by atoms with Gasteiger partial charge in [0, 0.05) is 41.4 Å². The first-order valence-corrected chi connectivity index (χ1v) is 10.1. The Labute approximate surface area is 178 Å². The van der Waals surface area contributed by atoms with E-state index in [9.17, 15) is 8.78 Å². The highest BCUT2D eigenvalue weighted by Crippen LogP contribution is 2.27. The summed E-state index contributed by atoms with van der Waals surface area (Å²) in [5, 5.41) is 7.08. The summed E-state index contributed by atoms with van der Waals surface area (Å²) in [5.74, 6) is 1.50. The molecule has 3 aromatic rings. The minimum absolute atomic E-state index is 0.337. The Bertz CT molecular complexity index is 952. The molecule has 0 aliphatic rings. The Morgan fingerprint density at radius 1 is 1.10 bits per heavy atom. The summed E-state index contributed by atoms with van der Waals surface area (Å²) in [4.78, 5) is 0.986. The predicted molar refractivity (Wildman–Crippen MR) is 114 cm³/mol. The molecule has 0 amide bonds. The molecule has 0 bridgehead atoms. The first-order chi connectivity index (χ1) is 14.6. The Morgan fingerprint density at radius 3 is 2.70 bits per heavy atom. The average Bonchev–Trinajstić information content (AvgIpc) is 3.22. The summed E-state index contributed by atoms with van der Waals surface area (Å²) >= 11 is 1.48. The van der Waals surface area contributed by atoms with Gasteiger partial charge in [-0.3, -0.25) is 4.72 Å². The largest absolute Gasteiger partial charge is 0.497 e. The molecule has 9 heteroatoms. The number of para-hydroxylation sites is 1. The van der Waals surface area contributed by atoms with Crippen LogP contribution in [0, 0.1) is 0 Å². The third kappa shape index (κ3) is 5.94. The highest BCUT2D eigenvalue weighted by Gasteiger charge is 2.09. The Kier molecular flexibility index (Phi) is 8.06. The zero-order valence-corrected chi connectivity index (χ0v) is 17.6. The summed E-state index contributed by atoms with van der Waals surface area (Å²) in [7, 11) is 3.25. The first kappa shape index (κ1) is 22.1. The van der Waals surface area contributed by atoms with E-state index < -0.39 is 6.43 Å². The molecule has 160 valence electrons. The fraction of sp³-hybridized carbons (Fsp3) is 0.286. The molecule has 0 radical (unpaired) electrons. The van der Waals surface area contributed by atoms with Gasteiger partial charge in [-0.05, 0) is 30.1 Å². The molecule has 0 spiro atoms. The van der Waals surface area contributed by atoms with Crippen LogP contribution in [0.25, 0.3) is 5.69 Å². The van der Waals surface area contributed by atoms with E-state index in [0.29, 0.717) is 13.1 Å². The van der Waals surface area contributed by atoms with Gasteiger partial charge >= 0.3 is 0 Å². The van der Waals surface area contributed by atoms with E-state index >= 15 is 0 Å². The van der Waals surface area contributed by atoms with E-state index in [4.69, 9.17) is 9.47 Å². The monoisotopic (exact) mass is 434 g/mol. The van der Waals surface area contributed by atoms with Crippen LogP contribution in [0.2, 0.25) is 0 Å². The van der Waals surface area contributed by atoms with Crippen molar-refractivity contribution in [2.45, 2.75) is 24.4 Å². The van der Waals surface area contributed by atoms with Gasteiger partial charge in [0.1, 0.15) is 11.5 Å². The van der Waals surface area contributed by atoms with Gasteiger partial charge in [-0.2, -0.15) is 5.10 Å². The lowest BCUT2D eigenvalue weighted by molar-refractivity contribution is 0.145. The summed E-state index contributed by atoms with van der Waals surface area (Å²) < 4.78 is 40.3. The van der Waals surface area contributed by atoms with Crippen molar-refractivity contribution >= 4 is 11.9 Å². The van der Waals surface area contributed by atoms with E-state index in [-0.39, 0.29) is 6.54 Å². The van der Waals surface area contributed by atoms with E-state index in [0.717, 1.165) is 33.2 Å². The molecule has 2 N–H and O–H groups in total. The molecule has 1 aromatic heterocycles. The van der Waals surface area contributed by atoms with Crippen LogP contribution in [-0.4, -0.2) is 37.0 Å². The van der Waals surface area contributed by atoms with Crippen LogP contribution in [0.1, 0.15) is 11.1 Å². The van der Waals surface area contributed by atoms with E-state index in [1.807, 2.05) is 48.7 Å². The van der Waals surface area contributed by atoms with Gasteiger partial charge < -0.3 is 14.8 Å². The Hall–Kier alpha value is -2.62. The van der Waals surface area contributed by atoms with Gasteiger partial charge in [0.25, 0.3) is 6.43 Å². The zero-order valence-electron chi connectivity index (χ0n) is 16.8. The minimum Gasteiger partial charge on any atom is -0.497 e. The van der Waals surface area contributed by atoms with Gasteiger partial charge in [0.2, 0.25) is 0 Å². The number of halogens is 2. The number of aromatic nitrogens is 2. The van der Waals surface area contributed by atoms with Crippen molar-refractivity contribution in [2.24, 2.45) is 0 Å². The van der Waals surface area contributed by atoms with Crippen molar-refractivity contribution in [2.75, 3.05) is 20.8 Å². The van der Waals surface area contributed by atoms with Crippen molar-refractivity contribution in [1.82, 2.24) is 19.8 Å². The topological polar surface area (TPSA) is 60.3 Å². The standard InChI is InChI=1S/C21H24F2N4O2S/c1-28-17-8-7-16(19(9-17)29-2)12-26-30-20-6-4-3-5-18(20)27-14-15(11-25-27)10-24-13-21(22)23/h3-9,11,14,21,24,26H,10,12-13H2,1-2H3. The highest BCUT2D eigenvalue weighted by atomic mass is 32.2. The zero-order chi connectivity index (χ0) is 21.3. The average molecular weight is 435 g/mol. The van der Waals surface area contributed by atoms with Crippen LogP contribution in [0.5, 0.6) is 11.5 Å². The number of hydrogen-bond acceptors (Lipinski definition) is 6. The van der Waals surface area contributed by atoms with Crippen molar-refractivity contribution in [3.8, 4) is 17.2 Å². The quantitative estimate of drug-likeness (QED) is 0.444. The second kappa shape index (κ2) is 11.0. The van der Waals surface area contributed by atoms with E-state index in [2.05, 4.69) is 15.1 Å². The summed E-state index contributed by atoms with van der Waals surface area (Å²) in [6.45, 7) is 0.597. The van der Waals surface area contributed by atoms with E-state index in [1.165, 1.54) is 11.9 Å². The molecule has 0 saturated heterocycles. The van der Waals surface area contributed by atoms with Crippen LogP contribution >= 0.6 is 11.9 Å². The molecule has 1 heterocycles. The van der Waals surface area contributed by atoms with Crippen LogP contribution in [0.15, 0.2) is 59.8 Å². The number of rotatable bonds is 11. The highest BCUT2D eigenvalue weighted by molar-refractivity contribution is 7.97. The Balaban J connectivity index is 1.64. The normalized spacial score (nSPS) is 11.1. The van der Waals surface area contributed by atoms with Crippen molar-refractivity contribution in [1.29, 1.82) is 0 Å². The Morgan fingerprint density at radius 2 is 1.93 bits per heavy atom. The maximum Gasteiger partial charge on any atom is 0.250 e. The number of nitrogens with one attached hydrogen (secondary N) is 2. The van der Waals surface area contributed by atoms with Crippen LogP contribution in [-0.2, 0) is 13.1 Å². The third-order valence-corrected chi connectivity index (χ3v) is 5.17. The molecular weight excluding hydrogens is 410 g/mol. The number of hydrogen-bond donors (Lipinski definition) is 2. The third-order valence-electron chi connectivity index (χ3n) is 4.31. The van der Waals surface area contributed by atoms with Crippen LogP contribution < -0.4 is 19.5 Å². The van der Waals surface area contributed by atoms with Gasteiger partial charge in [-0.25, -0.2) is 13.5 Å². The molecule has 2 aromatic carbocycles. The van der Waals surface area contributed by atoms with Crippen molar-refractivity contribution < 1.29 is 18.3 Å². The summed E-state index contributed by atoms with van der Waals surface area (Å²) in [6, 6.07) is 13.5. The summed E-state index contributed by atoms with van der Waals surface area (Å²) in [5.41, 5.74) is 2.75. The van der Waals surface area contributed by atoms with Gasteiger partial charge in [-0.1, -0.05) is 18.2 Å². The molecular formula is C21H24F2N4O2S. The second-order valence-electron chi connectivity index (χ2n) is 6.38. The van der Waals surface area contributed by atoms with Crippen molar-refractivity contribution in [3.63, 3.8) is 0 Å². The number of methoxy groups -OCH3 is 2. The molecule has 3 rings (SSSR count). The molecule has 0 atom stereocenters. The minimum atomic E-state index is -2.37. The first-order valence-electron chi connectivity index (χ1n) is 9.33. The lowest BCUT2D eigenvalue weighted by atomic mass is 10.2. The molecule has 30 heavy (non-hydrogen) atoms. The molecule has 0 saturated carbocycles. The van der Waals surface area contributed by atoms with E-state index in [1.54, 1.807) is 25.1 Å². The molecule has 0 aliphatic carbocycles. The lowest BCUT2D eigenvalue weighted by Gasteiger charge is -2.12. The molecule has 0 aliphatic heterocycles. The van der Waals surface area contributed by atoms with Crippen LogP contribution in [0.3, 0.4) is 0 Å². The molecule has 0 unspecified atom stereocenters. The number of alkyl halides is 2. The molecule has 0 fully saturated rings. The van der Waals surface area contributed by atoms with Gasteiger partial charge in [0.15, 0.2) is 0 Å². The van der Waals surface area contributed by atoms with Gasteiger partial charge in [-0.15, -0.1) is 0 Å². The van der Waals surface area contributed by atoms with Crippen LogP contribution in [0.4, 0.5) is 8.78 Å². The second-order valence-corrected chi connectivity index (χ2v) is 7.32. The van der Waals surface area contributed by atoms with Crippen molar-refractivity contribution in [3.05, 3.63) is 66.0 Å². The number of ether oxygens (including phenoxy) is 2. The number of nitrogens with zero attached hydrogens (tertiary/aromatic N) is 2. The SMILES string of the molecule is COc1ccc(CNSc2ccccc2-n2cc(CNCC(F)F)cn2)c(OC)c1. The maximum absolute atomic E-state index is 12.3.